The predicted octanol–water partition coefficient (Wildman–Crippen LogP) is -0.327. The van der Waals surface area contributed by atoms with Crippen molar-refractivity contribution in [3.8, 4) is 0 Å². The van der Waals surface area contributed by atoms with Gasteiger partial charge in [-0.1, -0.05) is 6.08 Å². The van der Waals surface area contributed by atoms with Crippen LogP contribution >= 0.6 is 0 Å². The van der Waals surface area contributed by atoms with Crippen LogP contribution in [0, 0.1) is 0 Å². The molecule has 16 heavy (non-hydrogen) atoms. The molecule has 1 rings (SSSR count). The first-order chi connectivity index (χ1) is 7.39. The molecule has 6 heteroatoms. The highest BCUT2D eigenvalue weighted by molar-refractivity contribution is 7.94. The molecule has 0 aliphatic carbocycles. The van der Waals surface area contributed by atoms with Crippen LogP contribution in [0.3, 0.4) is 0 Å². The van der Waals surface area contributed by atoms with Crippen LogP contribution in [0.5, 0.6) is 0 Å². The van der Waals surface area contributed by atoms with Gasteiger partial charge >= 0.3 is 0 Å². The minimum Gasteiger partial charge on any atom is -0.389 e. The molecular formula is C10H19NO4S. The maximum absolute atomic E-state index is 11.1. The zero-order valence-electron chi connectivity index (χ0n) is 9.59. The molecule has 0 bridgehead atoms. The Morgan fingerprint density at radius 1 is 1.56 bits per heavy atom. The highest BCUT2D eigenvalue weighted by atomic mass is 32.2. The van der Waals surface area contributed by atoms with Crippen molar-refractivity contribution >= 4 is 9.84 Å². The van der Waals surface area contributed by atoms with E-state index in [0.29, 0.717) is 6.54 Å². The molecular weight excluding hydrogens is 230 g/mol. The topological polar surface area (TPSA) is 75.6 Å². The van der Waals surface area contributed by atoms with Crippen LogP contribution in [0.25, 0.3) is 0 Å². The van der Waals surface area contributed by atoms with Crippen molar-refractivity contribution in [1.82, 2.24) is 5.32 Å². The third-order valence-corrected chi connectivity index (χ3v) is 3.56. The van der Waals surface area contributed by atoms with Gasteiger partial charge in [-0.2, -0.15) is 0 Å². The number of hydrogen-bond donors (Lipinski definition) is 2. The average Bonchev–Trinajstić information content (AvgIpc) is 2.52. The van der Waals surface area contributed by atoms with E-state index in [0.717, 1.165) is 0 Å². The molecule has 0 amide bonds. The van der Waals surface area contributed by atoms with Gasteiger partial charge in [-0.05, 0) is 13.8 Å². The number of nitrogens with one attached hydrogen (secondary N) is 1. The molecule has 2 atom stereocenters. The second kappa shape index (κ2) is 5.77. The van der Waals surface area contributed by atoms with Crippen LogP contribution in [0.1, 0.15) is 13.8 Å². The third-order valence-electron chi connectivity index (χ3n) is 2.17. The summed E-state index contributed by atoms with van der Waals surface area (Å²) in [5.74, 6) is 0.0742. The summed E-state index contributed by atoms with van der Waals surface area (Å²) >= 11 is 0. The summed E-state index contributed by atoms with van der Waals surface area (Å²) in [7, 11) is -3.03. The number of aliphatic hydroxyl groups is 1. The normalized spacial score (nSPS) is 25.1. The quantitative estimate of drug-likeness (QED) is 0.674. The molecule has 94 valence electrons. The van der Waals surface area contributed by atoms with Gasteiger partial charge in [-0.15, -0.1) is 0 Å². The van der Waals surface area contributed by atoms with Gasteiger partial charge in [0.2, 0.25) is 0 Å². The summed E-state index contributed by atoms with van der Waals surface area (Å²) in [5, 5.41) is 13.7. The fourth-order valence-electron chi connectivity index (χ4n) is 1.35. The Hall–Kier alpha value is -0.430. The first-order valence-corrected chi connectivity index (χ1v) is 7.04. The lowest BCUT2D eigenvalue weighted by molar-refractivity contribution is 0.00609. The van der Waals surface area contributed by atoms with E-state index in [9.17, 15) is 13.5 Å². The lowest BCUT2D eigenvalue weighted by Gasteiger charge is -2.16. The number of aliphatic hydroxyl groups excluding tert-OH is 1. The van der Waals surface area contributed by atoms with Gasteiger partial charge in [-0.3, -0.25) is 0 Å². The van der Waals surface area contributed by atoms with Crippen LogP contribution < -0.4 is 5.32 Å². The zero-order valence-corrected chi connectivity index (χ0v) is 10.4. The van der Waals surface area contributed by atoms with E-state index in [-0.39, 0.29) is 24.5 Å². The van der Waals surface area contributed by atoms with Gasteiger partial charge in [0.15, 0.2) is 9.84 Å². The minimum atomic E-state index is -3.03. The monoisotopic (exact) mass is 249 g/mol. The Morgan fingerprint density at radius 2 is 2.25 bits per heavy atom. The first kappa shape index (κ1) is 13.6. The molecule has 2 N–H and O–H groups in total. The first-order valence-electron chi connectivity index (χ1n) is 5.33. The maximum atomic E-state index is 11.1. The molecule has 0 radical (unpaired) electrons. The van der Waals surface area contributed by atoms with Gasteiger partial charge in [0, 0.05) is 18.0 Å². The van der Waals surface area contributed by atoms with E-state index in [4.69, 9.17) is 4.74 Å². The summed E-state index contributed by atoms with van der Waals surface area (Å²) in [4.78, 5) is 0. The Morgan fingerprint density at radius 3 is 2.75 bits per heavy atom. The number of ether oxygens (including phenoxy) is 1. The zero-order chi connectivity index (χ0) is 12.2. The maximum Gasteiger partial charge on any atom is 0.173 e. The second-order valence-electron chi connectivity index (χ2n) is 4.21. The van der Waals surface area contributed by atoms with Gasteiger partial charge in [0.25, 0.3) is 0 Å². The van der Waals surface area contributed by atoms with E-state index >= 15 is 0 Å². The molecule has 0 aromatic carbocycles. The van der Waals surface area contributed by atoms with Crippen LogP contribution in [-0.2, 0) is 14.6 Å². The molecule has 1 aliphatic rings. The molecule has 0 spiro atoms. The van der Waals surface area contributed by atoms with Crippen LogP contribution in [0.15, 0.2) is 11.5 Å². The molecule has 0 aromatic heterocycles. The number of sulfone groups is 1. The average molecular weight is 249 g/mol. The smallest absolute Gasteiger partial charge is 0.173 e. The minimum absolute atomic E-state index is 0.0742. The standard InChI is InChI=1S/C10H19NO4S/c1-8(2)15-6-10(12)5-11-9-3-4-16(13,14)7-9/h3-4,8-12H,5-7H2,1-2H3. The van der Waals surface area contributed by atoms with E-state index < -0.39 is 15.9 Å². The van der Waals surface area contributed by atoms with Gasteiger partial charge in [-0.25, -0.2) is 8.42 Å². The fourth-order valence-corrected chi connectivity index (χ4v) is 2.62. The van der Waals surface area contributed by atoms with E-state index in [1.54, 1.807) is 6.08 Å². The van der Waals surface area contributed by atoms with Crippen molar-refractivity contribution in [2.45, 2.75) is 32.1 Å². The molecule has 1 aliphatic heterocycles. The Kier molecular flexibility index (Phi) is 4.91. The number of hydrogen-bond acceptors (Lipinski definition) is 5. The molecule has 0 fully saturated rings. The molecule has 5 nitrogen and oxygen atoms in total. The summed E-state index contributed by atoms with van der Waals surface area (Å²) in [6, 6.07) is -0.196. The third kappa shape index (κ3) is 5.07. The van der Waals surface area contributed by atoms with Gasteiger partial charge in [0.05, 0.1) is 24.6 Å². The van der Waals surface area contributed by atoms with E-state index in [2.05, 4.69) is 5.32 Å². The van der Waals surface area contributed by atoms with E-state index in [1.165, 1.54) is 5.41 Å². The Bertz CT molecular complexity index is 337. The van der Waals surface area contributed by atoms with Crippen molar-refractivity contribution in [3.05, 3.63) is 11.5 Å². The molecule has 1 heterocycles. The lowest BCUT2D eigenvalue weighted by atomic mass is 10.3. The predicted molar refractivity (Wildman–Crippen MR) is 61.8 cm³/mol. The van der Waals surface area contributed by atoms with Gasteiger partial charge in [0.1, 0.15) is 0 Å². The summed E-state index contributed by atoms with van der Waals surface area (Å²) in [6.07, 6.45) is 1.08. The molecule has 0 saturated carbocycles. The highest BCUT2D eigenvalue weighted by Crippen LogP contribution is 2.07. The molecule has 0 saturated heterocycles. The van der Waals surface area contributed by atoms with Gasteiger partial charge < -0.3 is 15.2 Å². The number of rotatable bonds is 6. The van der Waals surface area contributed by atoms with E-state index in [1.807, 2.05) is 13.8 Å². The largest absolute Gasteiger partial charge is 0.389 e. The molecule has 2 unspecified atom stereocenters. The summed E-state index contributed by atoms with van der Waals surface area (Å²) < 4.78 is 27.4. The Balaban J connectivity index is 2.18. The lowest BCUT2D eigenvalue weighted by Crippen LogP contribution is -2.38. The molecule has 0 aromatic rings. The fraction of sp³-hybridized carbons (Fsp3) is 0.800. The SMILES string of the molecule is CC(C)OCC(O)CNC1C=CS(=O)(=O)C1. The van der Waals surface area contributed by atoms with Crippen LogP contribution in [0.4, 0.5) is 0 Å². The second-order valence-corrected chi connectivity index (χ2v) is 6.14. The van der Waals surface area contributed by atoms with Crippen molar-refractivity contribution in [2.75, 3.05) is 18.9 Å². The van der Waals surface area contributed by atoms with Crippen LogP contribution in [-0.4, -0.2) is 50.7 Å². The highest BCUT2D eigenvalue weighted by Gasteiger charge is 2.21. The summed E-state index contributed by atoms with van der Waals surface area (Å²) in [5.41, 5.74) is 0. The van der Waals surface area contributed by atoms with Crippen LogP contribution in [0.2, 0.25) is 0 Å². The van der Waals surface area contributed by atoms with Crippen molar-refractivity contribution in [1.29, 1.82) is 0 Å². The van der Waals surface area contributed by atoms with Crippen molar-refractivity contribution in [3.63, 3.8) is 0 Å². The Labute approximate surface area is 96.4 Å². The van der Waals surface area contributed by atoms with Crippen molar-refractivity contribution < 1.29 is 18.3 Å². The van der Waals surface area contributed by atoms with Crippen molar-refractivity contribution in [2.24, 2.45) is 0 Å². The summed E-state index contributed by atoms with van der Waals surface area (Å²) in [6.45, 7) is 4.38.